The topological polar surface area (TPSA) is 87.5 Å². The Morgan fingerprint density at radius 3 is 2.73 bits per heavy atom. The van der Waals surface area contributed by atoms with Gasteiger partial charge in [0.2, 0.25) is 0 Å². The zero-order valence-electron chi connectivity index (χ0n) is 11.2. The molecule has 0 atom stereocenters. The van der Waals surface area contributed by atoms with Gasteiger partial charge >= 0.3 is 5.97 Å². The van der Waals surface area contributed by atoms with Crippen LogP contribution in [0.1, 0.15) is 16.1 Å². The number of halogens is 2. The number of hydrogen-bond acceptors (Lipinski definition) is 3. The fourth-order valence-corrected chi connectivity index (χ4v) is 2.56. The molecule has 0 unspecified atom stereocenters. The number of rotatable bonds is 2. The number of nitrogens with one attached hydrogen (secondary N) is 1. The summed E-state index contributed by atoms with van der Waals surface area (Å²) in [7, 11) is 0. The van der Waals surface area contributed by atoms with E-state index in [1.807, 2.05) is 13.0 Å². The van der Waals surface area contributed by atoms with Crippen LogP contribution in [0.15, 0.2) is 29.2 Å². The monoisotopic (exact) mass is 337 g/mol. The van der Waals surface area contributed by atoms with Crippen LogP contribution in [0.4, 0.5) is 0 Å². The summed E-state index contributed by atoms with van der Waals surface area (Å²) in [5.74, 6) is -1.30. The van der Waals surface area contributed by atoms with E-state index in [2.05, 4.69) is 10.1 Å². The number of aromatic amines is 1. The van der Waals surface area contributed by atoms with E-state index >= 15 is 0 Å². The normalized spacial score (nSPS) is 11.0. The molecule has 0 aliphatic rings. The number of nitrogens with zero attached hydrogens (tertiary/aromatic N) is 2. The van der Waals surface area contributed by atoms with E-state index in [1.165, 1.54) is 6.20 Å². The Morgan fingerprint density at radius 2 is 2.09 bits per heavy atom. The van der Waals surface area contributed by atoms with Gasteiger partial charge in [0.25, 0.3) is 5.56 Å². The maximum absolute atomic E-state index is 12.2. The molecule has 2 heterocycles. The minimum atomic E-state index is -1.30. The van der Waals surface area contributed by atoms with Crippen LogP contribution in [0, 0.1) is 6.92 Å². The molecule has 0 fully saturated rings. The van der Waals surface area contributed by atoms with E-state index in [0.717, 1.165) is 10.1 Å². The second kappa shape index (κ2) is 5.15. The van der Waals surface area contributed by atoms with Crippen LogP contribution in [0.5, 0.6) is 0 Å². The molecule has 0 aliphatic carbocycles. The molecule has 6 nitrogen and oxygen atoms in total. The number of aryl methyl sites for hydroxylation is 1. The predicted molar refractivity (Wildman–Crippen MR) is 83.0 cm³/mol. The lowest BCUT2D eigenvalue weighted by atomic mass is 10.1. The molecule has 8 heteroatoms. The van der Waals surface area contributed by atoms with E-state index in [1.54, 1.807) is 12.1 Å². The van der Waals surface area contributed by atoms with Crippen LogP contribution in [0.2, 0.25) is 10.0 Å². The first-order valence-electron chi connectivity index (χ1n) is 6.19. The number of carbonyl (C=O) groups is 1. The third-order valence-electron chi connectivity index (χ3n) is 3.25. The van der Waals surface area contributed by atoms with Gasteiger partial charge in [0.15, 0.2) is 11.2 Å². The van der Waals surface area contributed by atoms with Crippen molar-refractivity contribution in [2.45, 2.75) is 6.92 Å². The number of carboxylic acid groups (broad SMARTS) is 1. The number of fused-ring (bicyclic) bond motifs is 1. The molecule has 0 saturated heterocycles. The van der Waals surface area contributed by atoms with Gasteiger partial charge in [-0.15, -0.1) is 0 Å². The lowest BCUT2D eigenvalue weighted by Crippen LogP contribution is -2.11. The molecular formula is C14H9Cl2N3O3. The van der Waals surface area contributed by atoms with E-state index in [-0.39, 0.29) is 16.2 Å². The zero-order chi connectivity index (χ0) is 16.0. The molecule has 0 bridgehead atoms. The maximum Gasteiger partial charge on any atom is 0.358 e. The number of aromatic carboxylic acids is 1. The molecule has 22 heavy (non-hydrogen) atoms. The minimum absolute atomic E-state index is 0.0129. The summed E-state index contributed by atoms with van der Waals surface area (Å²) in [5, 5.41) is 13.2. The third-order valence-corrected chi connectivity index (χ3v) is 4.02. The number of aromatic nitrogens is 3. The first kappa shape index (κ1) is 14.6. The summed E-state index contributed by atoms with van der Waals surface area (Å²) in [6.07, 6.45) is 1.50. The fraction of sp³-hybridized carbons (Fsp3) is 0.0714. The fourth-order valence-electron chi connectivity index (χ4n) is 2.09. The van der Waals surface area contributed by atoms with Gasteiger partial charge in [-0.2, -0.15) is 5.10 Å². The third kappa shape index (κ3) is 2.26. The molecule has 3 aromatic rings. The molecule has 3 rings (SSSR count). The van der Waals surface area contributed by atoms with Gasteiger partial charge in [-0.1, -0.05) is 35.3 Å². The Hall–Kier alpha value is -2.31. The Morgan fingerprint density at radius 1 is 1.36 bits per heavy atom. The molecule has 2 N–H and O–H groups in total. The Balaban J connectivity index is 2.27. The van der Waals surface area contributed by atoms with Crippen LogP contribution >= 0.6 is 23.2 Å². The number of benzene rings is 1. The average molecular weight is 338 g/mol. The summed E-state index contributed by atoms with van der Waals surface area (Å²) >= 11 is 12.0. The maximum atomic E-state index is 12.2. The van der Waals surface area contributed by atoms with Crippen molar-refractivity contribution in [3.8, 4) is 11.3 Å². The Kier molecular flexibility index (Phi) is 3.42. The minimum Gasteiger partial charge on any atom is -0.476 e. The van der Waals surface area contributed by atoms with Crippen LogP contribution in [0.3, 0.4) is 0 Å². The first-order valence-corrected chi connectivity index (χ1v) is 6.95. The van der Waals surface area contributed by atoms with Crippen molar-refractivity contribution in [3.05, 3.63) is 56.1 Å². The predicted octanol–water partition coefficient (Wildman–Crippen LogP) is 3.00. The average Bonchev–Trinajstić information content (AvgIpc) is 2.79. The van der Waals surface area contributed by atoms with Crippen molar-refractivity contribution in [1.82, 2.24) is 14.6 Å². The standard InChI is InChI=1S/C14H9Cl2N3O3/c1-6-2-3-7(4-8(6)15)9-5-19-12(13(20)17-9)10(16)11(18-19)14(21)22/h2-5H,1H3,(H,17,20)(H,21,22). The Bertz CT molecular complexity index is 975. The van der Waals surface area contributed by atoms with Crippen molar-refractivity contribution >= 4 is 34.7 Å². The first-order chi connectivity index (χ1) is 10.4. The molecular weight excluding hydrogens is 329 g/mol. The smallest absolute Gasteiger partial charge is 0.358 e. The number of carboxylic acids is 1. The highest BCUT2D eigenvalue weighted by atomic mass is 35.5. The quantitative estimate of drug-likeness (QED) is 0.752. The van der Waals surface area contributed by atoms with E-state index in [9.17, 15) is 9.59 Å². The van der Waals surface area contributed by atoms with Gasteiger partial charge < -0.3 is 10.1 Å². The zero-order valence-corrected chi connectivity index (χ0v) is 12.7. The van der Waals surface area contributed by atoms with E-state index in [0.29, 0.717) is 16.3 Å². The summed E-state index contributed by atoms with van der Waals surface area (Å²) in [6, 6.07) is 5.32. The van der Waals surface area contributed by atoms with E-state index in [4.69, 9.17) is 28.3 Å². The molecule has 2 aromatic heterocycles. The summed E-state index contributed by atoms with van der Waals surface area (Å²) in [5.41, 5.74) is 1.13. The van der Waals surface area contributed by atoms with Crippen molar-refractivity contribution < 1.29 is 9.90 Å². The van der Waals surface area contributed by atoms with Gasteiger partial charge in [-0.05, 0) is 18.6 Å². The molecule has 0 radical (unpaired) electrons. The van der Waals surface area contributed by atoms with Crippen molar-refractivity contribution in [3.63, 3.8) is 0 Å². The highest BCUT2D eigenvalue weighted by Crippen LogP contribution is 2.25. The van der Waals surface area contributed by atoms with Crippen LogP contribution in [-0.2, 0) is 0 Å². The molecule has 1 aromatic carbocycles. The van der Waals surface area contributed by atoms with Gasteiger partial charge in [0.1, 0.15) is 5.02 Å². The Labute approximate surface area is 133 Å². The molecule has 0 amide bonds. The van der Waals surface area contributed by atoms with Crippen molar-refractivity contribution in [2.24, 2.45) is 0 Å². The largest absolute Gasteiger partial charge is 0.476 e. The molecule has 0 spiro atoms. The van der Waals surface area contributed by atoms with Crippen LogP contribution < -0.4 is 5.56 Å². The van der Waals surface area contributed by atoms with Crippen LogP contribution in [0.25, 0.3) is 16.8 Å². The summed E-state index contributed by atoms with van der Waals surface area (Å²) in [6.45, 7) is 1.87. The van der Waals surface area contributed by atoms with E-state index < -0.39 is 11.5 Å². The second-order valence-electron chi connectivity index (χ2n) is 4.72. The number of H-pyrrole nitrogens is 1. The van der Waals surface area contributed by atoms with Gasteiger partial charge in [-0.3, -0.25) is 4.79 Å². The van der Waals surface area contributed by atoms with Gasteiger partial charge in [0, 0.05) is 10.6 Å². The lowest BCUT2D eigenvalue weighted by molar-refractivity contribution is 0.0690. The highest BCUT2D eigenvalue weighted by Gasteiger charge is 2.20. The molecule has 0 aliphatic heterocycles. The van der Waals surface area contributed by atoms with Crippen molar-refractivity contribution in [2.75, 3.05) is 0 Å². The van der Waals surface area contributed by atoms with Crippen molar-refractivity contribution in [1.29, 1.82) is 0 Å². The van der Waals surface area contributed by atoms with Gasteiger partial charge in [-0.25, -0.2) is 9.31 Å². The number of hydrogen-bond donors (Lipinski definition) is 2. The highest BCUT2D eigenvalue weighted by molar-refractivity contribution is 6.36. The second-order valence-corrected chi connectivity index (χ2v) is 5.51. The summed E-state index contributed by atoms with van der Waals surface area (Å²) in [4.78, 5) is 25.9. The lowest BCUT2D eigenvalue weighted by Gasteiger charge is -2.05. The van der Waals surface area contributed by atoms with Crippen LogP contribution in [-0.4, -0.2) is 25.7 Å². The summed E-state index contributed by atoms with van der Waals surface area (Å²) < 4.78 is 1.16. The molecule has 0 saturated carbocycles. The van der Waals surface area contributed by atoms with Gasteiger partial charge in [0.05, 0.1) is 11.9 Å². The SMILES string of the molecule is Cc1ccc(-c2cn3nc(C(=O)O)c(Cl)c3c(=O)[nH]2)cc1Cl. The molecule has 112 valence electrons.